The molecular formula is C24H27ClN2O3. The molecule has 2 amide bonds. The summed E-state index contributed by atoms with van der Waals surface area (Å²) in [6.45, 7) is 2.76. The van der Waals surface area contributed by atoms with Crippen LogP contribution in [0, 0.1) is 5.92 Å². The second kappa shape index (κ2) is 9.09. The van der Waals surface area contributed by atoms with Gasteiger partial charge in [-0.3, -0.25) is 9.59 Å². The van der Waals surface area contributed by atoms with Crippen LogP contribution in [0.4, 0.5) is 5.69 Å². The standard InChI is InChI=1S/C24H27ClN2O3/c1-2-21-24(29)27(14-17-9-5-6-10-20(17)25)15-18-13-19(11-12-22(18)30-21)26-23(28)16-7-3-4-8-16/h5-6,9-13,16,21H,2-4,7-8,14-15H2,1H3,(H,26,28)/t21-/m1/s1. The first-order chi connectivity index (χ1) is 14.5. The van der Waals surface area contributed by atoms with Crippen LogP contribution in [0.3, 0.4) is 0 Å². The Bertz CT molecular complexity index is 940. The van der Waals surface area contributed by atoms with Crippen molar-refractivity contribution in [2.75, 3.05) is 5.32 Å². The predicted octanol–water partition coefficient (Wildman–Crippen LogP) is 5.17. The van der Waals surface area contributed by atoms with Crippen molar-refractivity contribution >= 4 is 29.1 Å². The van der Waals surface area contributed by atoms with Crippen LogP contribution in [-0.2, 0) is 22.7 Å². The SMILES string of the molecule is CC[C@H]1Oc2ccc(NC(=O)C3CCCC3)cc2CN(Cc2ccccc2Cl)C1=O. The maximum atomic E-state index is 13.1. The highest BCUT2D eigenvalue weighted by Crippen LogP contribution is 2.32. The Morgan fingerprint density at radius 1 is 1.20 bits per heavy atom. The molecule has 158 valence electrons. The van der Waals surface area contributed by atoms with Gasteiger partial charge in [0.05, 0.1) is 0 Å². The number of nitrogens with zero attached hydrogens (tertiary/aromatic N) is 1. The van der Waals surface area contributed by atoms with E-state index in [1.54, 1.807) is 4.90 Å². The van der Waals surface area contributed by atoms with E-state index in [9.17, 15) is 9.59 Å². The smallest absolute Gasteiger partial charge is 0.264 e. The monoisotopic (exact) mass is 426 g/mol. The molecule has 2 aromatic carbocycles. The van der Waals surface area contributed by atoms with Crippen LogP contribution < -0.4 is 10.1 Å². The Hall–Kier alpha value is -2.53. The fourth-order valence-corrected chi connectivity index (χ4v) is 4.44. The number of fused-ring (bicyclic) bond motifs is 1. The van der Waals surface area contributed by atoms with Gasteiger partial charge in [-0.05, 0) is 49.1 Å². The van der Waals surface area contributed by atoms with Crippen LogP contribution in [-0.4, -0.2) is 22.8 Å². The van der Waals surface area contributed by atoms with Gasteiger partial charge in [0.2, 0.25) is 5.91 Å². The minimum Gasteiger partial charge on any atom is -0.480 e. The van der Waals surface area contributed by atoms with E-state index in [0.717, 1.165) is 42.5 Å². The Balaban J connectivity index is 1.58. The molecule has 30 heavy (non-hydrogen) atoms. The lowest BCUT2D eigenvalue weighted by molar-refractivity contribution is -0.139. The Labute approximate surface area is 182 Å². The minimum atomic E-state index is -0.535. The molecule has 5 nitrogen and oxygen atoms in total. The first kappa shape index (κ1) is 20.7. The molecule has 0 spiro atoms. The number of rotatable bonds is 5. The van der Waals surface area contributed by atoms with E-state index in [2.05, 4.69) is 5.32 Å². The zero-order valence-electron chi connectivity index (χ0n) is 17.2. The van der Waals surface area contributed by atoms with Gasteiger partial charge >= 0.3 is 0 Å². The van der Waals surface area contributed by atoms with E-state index in [4.69, 9.17) is 16.3 Å². The molecule has 0 bridgehead atoms. The number of benzene rings is 2. The molecule has 2 aliphatic rings. The molecule has 1 N–H and O–H groups in total. The van der Waals surface area contributed by atoms with Gasteiger partial charge < -0.3 is 15.0 Å². The summed E-state index contributed by atoms with van der Waals surface area (Å²) >= 11 is 6.33. The molecule has 1 fully saturated rings. The van der Waals surface area contributed by atoms with Crippen molar-refractivity contribution in [3.8, 4) is 5.75 Å². The highest BCUT2D eigenvalue weighted by Gasteiger charge is 2.30. The average molecular weight is 427 g/mol. The number of nitrogens with one attached hydrogen (secondary N) is 1. The third-order valence-corrected chi connectivity index (χ3v) is 6.33. The van der Waals surface area contributed by atoms with E-state index in [1.807, 2.05) is 49.4 Å². The van der Waals surface area contributed by atoms with Gasteiger partial charge in [0.25, 0.3) is 5.91 Å². The largest absolute Gasteiger partial charge is 0.480 e. The lowest BCUT2D eigenvalue weighted by Gasteiger charge is -2.23. The molecule has 4 rings (SSSR count). The van der Waals surface area contributed by atoms with Gasteiger partial charge in [-0.1, -0.05) is 49.6 Å². The average Bonchev–Trinajstić information content (AvgIpc) is 3.25. The maximum Gasteiger partial charge on any atom is 0.264 e. The molecule has 1 aliphatic heterocycles. The fraction of sp³-hybridized carbons (Fsp3) is 0.417. The van der Waals surface area contributed by atoms with Crippen LogP contribution >= 0.6 is 11.6 Å². The number of amides is 2. The Morgan fingerprint density at radius 2 is 1.97 bits per heavy atom. The minimum absolute atomic E-state index is 0.0508. The van der Waals surface area contributed by atoms with Gasteiger partial charge in [0.15, 0.2) is 6.10 Å². The summed E-state index contributed by atoms with van der Waals surface area (Å²) in [7, 11) is 0. The first-order valence-corrected chi connectivity index (χ1v) is 11.1. The number of hydrogen-bond acceptors (Lipinski definition) is 3. The number of halogens is 1. The molecule has 0 aromatic heterocycles. The molecule has 2 aromatic rings. The summed E-state index contributed by atoms with van der Waals surface area (Å²) in [6.07, 6.45) is 4.20. The van der Waals surface area contributed by atoms with Crippen molar-refractivity contribution in [3.05, 3.63) is 58.6 Å². The topological polar surface area (TPSA) is 58.6 Å². The van der Waals surface area contributed by atoms with E-state index in [-0.39, 0.29) is 17.7 Å². The van der Waals surface area contributed by atoms with Gasteiger partial charge in [-0.2, -0.15) is 0 Å². The Kier molecular flexibility index (Phi) is 6.28. The van der Waals surface area contributed by atoms with Crippen molar-refractivity contribution in [2.24, 2.45) is 5.92 Å². The maximum absolute atomic E-state index is 13.1. The van der Waals surface area contributed by atoms with Crippen molar-refractivity contribution < 1.29 is 14.3 Å². The summed E-state index contributed by atoms with van der Waals surface area (Å²) in [5, 5.41) is 3.69. The molecule has 0 saturated heterocycles. The second-order valence-electron chi connectivity index (χ2n) is 8.09. The molecule has 1 saturated carbocycles. The Morgan fingerprint density at radius 3 is 2.70 bits per heavy atom. The summed E-state index contributed by atoms with van der Waals surface area (Å²) in [4.78, 5) is 27.4. The van der Waals surface area contributed by atoms with Crippen molar-refractivity contribution in [1.29, 1.82) is 0 Å². The number of ether oxygens (including phenoxy) is 1. The van der Waals surface area contributed by atoms with E-state index >= 15 is 0 Å². The number of carbonyl (C=O) groups is 2. The van der Waals surface area contributed by atoms with Crippen LogP contribution in [0.1, 0.15) is 50.2 Å². The molecule has 1 atom stereocenters. The summed E-state index contributed by atoms with van der Waals surface area (Å²) < 4.78 is 6.04. The highest BCUT2D eigenvalue weighted by molar-refractivity contribution is 6.31. The first-order valence-electron chi connectivity index (χ1n) is 10.7. The van der Waals surface area contributed by atoms with E-state index in [1.165, 1.54) is 0 Å². The third kappa shape index (κ3) is 4.46. The zero-order chi connectivity index (χ0) is 21.1. The van der Waals surface area contributed by atoms with Crippen LogP contribution in [0.2, 0.25) is 5.02 Å². The fourth-order valence-electron chi connectivity index (χ4n) is 4.24. The van der Waals surface area contributed by atoms with E-state index < -0.39 is 6.10 Å². The molecule has 1 heterocycles. The van der Waals surface area contributed by atoms with Crippen LogP contribution in [0.15, 0.2) is 42.5 Å². The summed E-state index contributed by atoms with van der Waals surface area (Å²) in [5.41, 5.74) is 2.53. The van der Waals surface area contributed by atoms with Crippen molar-refractivity contribution in [2.45, 2.75) is 58.2 Å². The predicted molar refractivity (Wildman–Crippen MR) is 117 cm³/mol. The van der Waals surface area contributed by atoms with Gasteiger partial charge in [0.1, 0.15) is 5.75 Å². The molecule has 6 heteroatoms. The van der Waals surface area contributed by atoms with Crippen molar-refractivity contribution in [3.63, 3.8) is 0 Å². The van der Waals surface area contributed by atoms with E-state index in [0.29, 0.717) is 30.3 Å². The molecular weight excluding hydrogens is 400 g/mol. The third-order valence-electron chi connectivity index (χ3n) is 5.96. The van der Waals surface area contributed by atoms with Crippen LogP contribution in [0.5, 0.6) is 5.75 Å². The molecule has 0 radical (unpaired) electrons. The van der Waals surface area contributed by atoms with Gasteiger partial charge in [-0.25, -0.2) is 0 Å². The lowest BCUT2D eigenvalue weighted by atomic mass is 10.1. The van der Waals surface area contributed by atoms with Crippen molar-refractivity contribution in [1.82, 2.24) is 4.90 Å². The van der Waals surface area contributed by atoms with Gasteiger partial charge in [0, 0.05) is 35.3 Å². The van der Waals surface area contributed by atoms with Crippen LogP contribution in [0.25, 0.3) is 0 Å². The number of carbonyl (C=O) groups excluding carboxylic acids is 2. The quantitative estimate of drug-likeness (QED) is 0.717. The highest BCUT2D eigenvalue weighted by atomic mass is 35.5. The number of anilines is 1. The van der Waals surface area contributed by atoms with Gasteiger partial charge in [-0.15, -0.1) is 0 Å². The second-order valence-corrected chi connectivity index (χ2v) is 8.50. The normalized spacial score (nSPS) is 19.2. The zero-order valence-corrected chi connectivity index (χ0v) is 18.0. The number of hydrogen-bond donors (Lipinski definition) is 1. The molecule has 1 aliphatic carbocycles. The summed E-state index contributed by atoms with van der Waals surface area (Å²) in [6, 6.07) is 13.2. The summed E-state index contributed by atoms with van der Waals surface area (Å²) in [5.74, 6) is 0.821. The molecule has 0 unspecified atom stereocenters. The lowest BCUT2D eigenvalue weighted by Crippen LogP contribution is -2.38.